The summed E-state index contributed by atoms with van der Waals surface area (Å²) in [6, 6.07) is 8.96. The Kier molecular flexibility index (Phi) is 5.80. The molecule has 1 heterocycles. The first-order valence-corrected chi connectivity index (χ1v) is 7.29. The molecular weight excluding hydrogens is 294 g/mol. The minimum absolute atomic E-state index is 0.0941. The van der Waals surface area contributed by atoms with Gasteiger partial charge in [0, 0.05) is 18.9 Å². The summed E-state index contributed by atoms with van der Waals surface area (Å²) in [7, 11) is 3.17. The first-order chi connectivity index (χ1) is 11.1. The van der Waals surface area contributed by atoms with E-state index < -0.39 is 0 Å². The van der Waals surface area contributed by atoms with Crippen molar-refractivity contribution in [2.45, 2.75) is 19.5 Å². The highest BCUT2D eigenvalue weighted by Gasteiger charge is 2.09. The zero-order chi connectivity index (χ0) is 16.7. The van der Waals surface area contributed by atoms with Crippen molar-refractivity contribution in [2.24, 2.45) is 0 Å². The molecule has 2 amide bonds. The van der Waals surface area contributed by atoms with Gasteiger partial charge in [-0.15, -0.1) is 0 Å². The van der Waals surface area contributed by atoms with Crippen LogP contribution in [0.1, 0.15) is 24.1 Å². The molecule has 0 radical (unpaired) electrons. The van der Waals surface area contributed by atoms with Crippen LogP contribution in [-0.2, 0) is 6.54 Å². The largest absolute Gasteiger partial charge is 0.493 e. The summed E-state index contributed by atoms with van der Waals surface area (Å²) in [6.07, 6.45) is 3.41. The highest BCUT2D eigenvalue weighted by atomic mass is 16.5. The van der Waals surface area contributed by atoms with Crippen LogP contribution >= 0.6 is 0 Å². The molecule has 1 aromatic carbocycles. The third kappa shape index (κ3) is 4.60. The van der Waals surface area contributed by atoms with E-state index in [1.807, 2.05) is 37.3 Å². The van der Waals surface area contributed by atoms with Crippen molar-refractivity contribution in [1.29, 1.82) is 0 Å². The van der Waals surface area contributed by atoms with E-state index in [0.717, 1.165) is 11.1 Å². The number of aromatic nitrogens is 1. The molecule has 0 aliphatic heterocycles. The van der Waals surface area contributed by atoms with Gasteiger partial charge in [-0.1, -0.05) is 6.07 Å². The Balaban J connectivity index is 1.89. The maximum Gasteiger partial charge on any atom is 0.315 e. The van der Waals surface area contributed by atoms with E-state index >= 15 is 0 Å². The predicted molar refractivity (Wildman–Crippen MR) is 87.6 cm³/mol. The number of methoxy groups -OCH3 is 2. The Hall–Kier alpha value is -2.76. The van der Waals surface area contributed by atoms with Gasteiger partial charge in [0.2, 0.25) is 0 Å². The average molecular weight is 315 g/mol. The summed E-state index contributed by atoms with van der Waals surface area (Å²) in [5, 5.41) is 5.71. The first kappa shape index (κ1) is 16.6. The van der Waals surface area contributed by atoms with E-state index in [1.165, 1.54) is 0 Å². The predicted octanol–water partition coefficient (Wildman–Crippen LogP) is 2.66. The van der Waals surface area contributed by atoms with E-state index in [1.54, 1.807) is 26.6 Å². The van der Waals surface area contributed by atoms with Gasteiger partial charge in [-0.2, -0.15) is 0 Å². The zero-order valence-electron chi connectivity index (χ0n) is 13.5. The van der Waals surface area contributed by atoms with Crippen LogP contribution in [0.4, 0.5) is 4.79 Å². The normalized spacial score (nSPS) is 11.4. The average Bonchev–Trinajstić information content (AvgIpc) is 2.60. The van der Waals surface area contributed by atoms with Crippen molar-refractivity contribution in [3.8, 4) is 11.5 Å². The van der Waals surface area contributed by atoms with Gasteiger partial charge >= 0.3 is 6.03 Å². The van der Waals surface area contributed by atoms with E-state index in [4.69, 9.17) is 9.47 Å². The van der Waals surface area contributed by atoms with E-state index in [-0.39, 0.29) is 12.1 Å². The molecule has 0 saturated heterocycles. The number of benzene rings is 1. The van der Waals surface area contributed by atoms with Crippen molar-refractivity contribution in [3.05, 3.63) is 53.9 Å². The highest BCUT2D eigenvalue weighted by Crippen LogP contribution is 2.27. The number of amides is 2. The van der Waals surface area contributed by atoms with Gasteiger partial charge in [0.25, 0.3) is 0 Å². The van der Waals surface area contributed by atoms with Crippen LogP contribution in [0.15, 0.2) is 42.7 Å². The van der Waals surface area contributed by atoms with E-state index in [0.29, 0.717) is 18.0 Å². The van der Waals surface area contributed by atoms with Gasteiger partial charge in [-0.3, -0.25) is 4.98 Å². The molecule has 0 aliphatic rings. The van der Waals surface area contributed by atoms with Gasteiger partial charge in [0.1, 0.15) is 0 Å². The minimum Gasteiger partial charge on any atom is -0.493 e. The highest BCUT2D eigenvalue weighted by molar-refractivity contribution is 5.74. The Morgan fingerprint density at radius 2 is 1.83 bits per heavy atom. The summed E-state index contributed by atoms with van der Waals surface area (Å²) in [4.78, 5) is 15.9. The Bertz CT molecular complexity index is 647. The molecule has 122 valence electrons. The lowest BCUT2D eigenvalue weighted by Crippen LogP contribution is -2.36. The number of carbonyl (C=O) groups is 1. The maximum atomic E-state index is 12.0. The molecule has 0 saturated carbocycles. The van der Waals surface area contributed by atoms with Gasteiger partial charge in [-0.05, 0) is 42.3 Å². The number of nitrogens with zero attached hydrogens (tertiary/aromatic N) is 1. The first-order valence-electron chi connectivity index (χ1n) is 7.29. The standard InChI is InChI=1S/C17H21N3O3/c1-12(14-6-8-18-9-7-14)20-17(21)19-11-13-4-5-15(22-2)16(10-13)23-3/h4-10,12H,11H2,1-3H3,(H2,19,20,21). The molecule has 23 heavy (non-hydrogen) atoms. The molecule has 0 fully saturated rings. The second-order valence-corrected chi connectivity index (χ2v) is 5.02. The number of urea groups is 1. The monoisotopic (exact) mass is 315 g/mol. The van der Waals surface area contributed by atoms with Crippen molar-refractivity contribution >= 4 is 6.03 Å². The fraction of sp³-hybridized carbons (Fsp3) is 0.294. The fourth-order valence-corrected chi connectivity index (χ4v) is 2.16. The molecule has 2 rings (SSSR count). The number of ether oxygens (including phenoxy) is 2. The van der Waals surface area contributed by atoms with Crippen LogP contribution in [0.2, 0.25) is 0 Å². The third-order valence-electron chi connectivity index (χ3n) is 3.45. The van der Waals surface area contributed by atoms with Crippen molar-refractivity contribution in [3.63, 3.8) is 0 Å². The summed E-state index contributed by atoms with van der Waals surface area (Å²) in [5.41, 5.74) is 1.93. The molecule has 1 atom stereocenters. The molecule has 2 N–H and O–H groups in total. The molecule has 6 nitrogen and oxygen atoms in total. The lowest BCUT2D eigenvalue weighted by atomic mass is 10.1. The van der Waals surface area contributed by atoms with Gasteiger partial charge in [0.15, 0.2) is 11.5 Å². The number of hydrogen-bond acceptors (Lipinski definition) is 4. The lowest BCUT2D eigenvalue weighted by Gasteiger charge is -2.15. The quantitative estimate of drug-likeness (QED) is 0.859. The Morgan fingerprint density at radius 3 is 2.48 bits per heavy atom. The van der Waals surface area contributed by atoms with Crippen LogP contribution in [0, 0.1) is 0 Å². The van der Waals surface area contributed by atoms with Crippen LogP contribution in [0.25, 0.3) is 0 Å². The molecule has 1 aromatic heterocycles. The van der Waals surface area contributed by atoms with Crippen LogP contribution in [-0.4, -0.2) is 25.2 Å². The summed E-state index contributed by atoms with van der Waals surface area (Å²) in [6.45, 7) is 2.32. The molecule has 6 heteroatoms. The number of rotatable bonds is 6. The second-order valence-electron chi connectivity index (χ2n) is 5.02. The van der Waals surface area contributed by atoms with Gasteiger partial charge in [0.05, 0.1) is 20.3 Å². The number of nitrogens with one attached hydrogen (secondary N) is 2. The smallest absolute Gasteiger partial charge is 0.315 e. The Morgan fingerprint density at radius 1 is 1.13 bits per heavy atom. The van der Waals surface area contributed by atoms with Crippen molar-refractivity contribution in [2.75, 3.05) is 14.2 Å². The molecule has 0 spiro atoms. The number of hydrogen-bond donors (Lipinski definition) is 2. The van der Waals surface area contributed by atoms with Crippen LogP contribution < -0.4 is 20.1 Å². The molecule has 0 aliphatic carbocycles. The number of carbonyl (C=O) groups excluding carboxylic acids is 1. The summed E-state index contributed by atoms with van der Waals surface area (Å²) in [5.74, 6) is 1.30. The topological polar surface area (TPSA) is 72.5 Å². The van der Waals surface area contributed by atoms with Crippen molar-refractivity contribution in [1.82, 2.24) is 15.6 Å². The lowest BCUT2D eigenvalue weighted by molar-refractivity contribution is 0.237. The molecule has 1 unspecified atom stereocenters. The fourth-order valence-electron chi connectivity index (χ4n) is 2.16. The minimum atomic E-state index is -0.232. The number of pyridine rings is 1. The summed E-state index contributed by atoms with van der Waals surface area (Å²) < 4.78 is 10.4. The molecule has 0 bridgehead atoms. The van der Waals surface area contributed by atoms with E-state index in [2.05, 4.69) is 15.6 Å². The van der Waals surface area contributed by atoms with Gasteiger partial charge in [-0.25, -0.2) is 4.79 Å². The summed E-state index contributed by atoms with van der Waals surface area (Å²) >= 11 is 0. The maximum absolute atomic E-state index is 12.0. The Labute approximate surface area is 135 Å². The SMILES string of the molecule is COc1ccc(CNC(=O)NC(C)c2ccncc2)cc1OC. The van der Waals surface area contributed by atoms with Crippen LogP contribution in [0.3, 0.4) is 0 Å². The van der Waals surface area contributed by atoms with Gasteiger partial charge < -0.3 is 20.1 Å². The molecule has 2 aromatic rings. The van der Waals surface area contributed by atoms with Crippen LogP contribution in [0.5, 0.6) is 11.5 Å². The zero-order valence-corrected chi connectivity index (χ0v) is 13.5. The van der Waals surface area contributed by atoms with Crippen molar-refractivity contribution < 1.29 is 14.3 Å². The molecular formula is C17H21N3O3. The van der Waals surface area contributed by atoms with E-state index in [9.17, 15) is 4.79 Å². The third-order valence-corrected chi connectivity index (χ3v) is 3.45. The second kappa shape index (κ2) is 8.03.